The monoisotopic (exact) mass is 316 g/mol. The van der Waals surface area contributed by atoms with Gasteiger partial charge in [-0.1, -0.05) is 6.92 Å². The van der Waals surface area contributed by atoms with E-state index in [2.05, 4.69) is 9.97 Å². The lowest BCUT2D eigenvalue weighted by atomic mass is 10.4. The fourth-order valence-corrected chi connectivity index (χ4v) is 2.83. The van der Waals surface area contributed by atoms with Gasteiger partial charge in [0.1, 0.15) is 11.5 Å². The lowest BCUT2D eigenvalue weighted by Gasteiger charge is -2.05. The molecule has 21 heavy (non-hydrogen) atoms. The van der Waals surface area contributed by atoms with E-state index >= 15 is 0 Å². The molecule has 0 aromatic carbocycles. The highest BCUT2D eigenvalue weighted by Gasteiger charge is 2.21. The first-order valence-electron chi connectivity index (χ1n) is 6.22. The van der Waals surface area contributed by atoms with Gasteiger partial charge >= 0.3 is 0 Å². The zero-order chi connectivity index (χ0) is 15.6. The molecule has 0 radical (unpaired) electrons. The molecule has 0 bridgehead atoms. The highest BCUT2D eigenvalue weighted by molar-refractivity contribution is 7.92. The predicted molar refractivity (Wildman–Crippen MR) is 72.2 cm³/mol. The van der Waals surface area contributed by atoms with Crippen molar-refractivity contribution in [3.05, 3.63) is 36.0 Å². The third kappa shape index (κ3) is 3.35. The summed E-state index contributed by atoms with van der Waals surface area (Å²) in [7, 11) is -4.05. The van der Waals surface area contributed by atoms with Crippen LogP contribution in [0.2, 0.25) is 0 Å². The molecule has 114 valence electrons. The molecule has 0 aliphatic heterocycles. The summed E-state index contributed by atoms with van der Waals surface area (Å²) < 4.78 is 54.1. The Hall–Kier alpha value is -2.03. The third-order valence-corrected chi connectivity index (χ3v) is 3.99. The minimum atomic E-state index is -4.05. The summed E-state index contributed by atoms with van der Waals surface area (Å²) in [6.07, 6.45) is 2.19. The van der Waals surface area contributed by atoms with Crippen molar-refractivity contribution in [3.8, 4) is 0 Å². The number of aromatic nitrogens is 3. The van der Waals surface area contributed by atoms with Crippen molar-refractivity contribution in [1.29, 1.82) is 0 Å². The van der Waals surface area contributed by atoms with Crippen LogP contribution in [0.25, 0.3) is 0 Å². The van der Waals surface area contributed by atoms with Crippen molar-refractivity contribution in [2.24, 2.45) is 0 Å². The topological polar surface area (TPSA) is 76.9 Å². The minimum absolute atomic E-state index is 0.225. The first-order chi connectivity index (χ1) is 9.83. The van der Waals surface area contributed by atoms with Crippen molar-refractivity contribution in [3.63, 3.8) is 0 Å². The molecule has 0 unspecified atom stereocenters. The van der Waals surface area contributed by atoms with E-state index in [4.69, 9.17) is 0 Å². The number of pyridine rings is 1. The van der Waals surface area contributed by atoms with Crippen molar-refractivity contribution in [2.45, 2.75) is 31.8 Å². The smallest absolute Gasteiger partial charge is 0.281 e. The number of hydrogen-bond acceptors (Lipinski definition) is 4. The van der Waals surface area contributed by atoms with E-state index in [0.717, 1.165) is 18.6 Å². The SMILES string of the molecule is CCCn1cc(S(=O)(=O)Nc2ccc(F)nc2F)nc1C. The quantitative estimate of drug-likeness (QED) is 0.857. The standard InChI is InChI=1S/C12H14F2N4O2S/c1-3-6-18-7-11(15-8(18)2)21(19,20)17-9-4-5-10(13)16-12(9)14/h4-5,7,17H,3,6H2,1-2H3. The van der Waals surface area contributed by atoms with Crippen LogP contribution in [0.4, 0.5) is 14.5 Å². The normalized spacial score (nSPS) is 11.6. The molecule has 0 aliphatic carbocycles. The van der Waals surface area contributed by atoms with Crippen LogP contribution in [-0.2, 0) is 16.6 Å². The second-order valence-corrected chi connectivity index (χ2v) is 6.03. The Bertz CT molecular complexity index is 759. The minimum Gasteiger partial charge on any atom is -0.334 e. The van der Waals surface area contributed by atoms with Gasteiger partial charge in [0.15, 0.2) is 5.03 Å². The molecule has 0 saturated carbocycles. The van der Waals surface area contributed by atoms with Crippen LogP contribution in [-0.4, -0.2) is 23.0 Å². The Morgan fingerprint density at radius 3 is 2.62 bits per heavy atom. The number of nitrogens with one attached hydrogen (secondary N) is 1. The van der Waals surface area contributed by atoms with Crippen LogP contribution in [0.5, 0.6) is 0 Å². The number of hydrogen-bond donors (Lipinski definition) is 1. The van der Waals surface area contributed by atoms with Crippen LogP contribution < -0.4 is 4.72 Å². The fraction of sp³-hybridized carbons (Fsp3) is 0.333. The molecule has 0 aliphatic rings. The number of anilines is 1. The maximum atomic E-state index is 13.4. The third-order valence-electron chi connectivity index (χ3n) is 2.75. The van der Waals surface area contributed by atoms with E-state index in [9.17, 15) is 17.2 Å². The zero-order valence-electron chi connectivity index (χ0n) is 11.5. The first-order valence-corrected chi connectivity index (χ1v) is 7.70. The van der Waals surface area contributed by atoms with Gasteiger partial charge in [-0.2, -0.15) is 22.2 Å². The van der Waals surface area contributed by atoms with Crippen LogP contribution in [0, 0.1) is 18.8 Å². The fourth-order valence-electron chi connectivity index (χ4n) is 1.76. The molecular formula is C12H14F2N4O2S. The largest absolute Gasteiger partial charge is 0.334 e. The van der Waals surface area contributed by atoms with Crippen LogP contribution in [0.15, 0.2) is 23.4 Å². The lowest BCUT2D eigenvalue weighted by Crippen LogP contribution is -2.15. The van der Waals surface area contributed by atoms with Gasteiger partial charge in [0, 0.05) is 12.7 Å². The zero-order valence-corrected chi connectivity index (χ0v) is 12.3. The summed E-state index contributed by atoms with van der Waals surface area (Å²) in [5.74, 6) is -1.73. The van der Waals surface area contributed by atoms with Crippen molar-refractivity contribution < 1.29 is 17.2 Å². The van der Waals surface area contributed by atoms with E-state index in [1.807, 2.05) is 11.6 Å². The number of nitrogens with zero attached hydrogens (tertiary/aromatic N) is 3. The highest BCUT2D eigenvalue weighted by Crippen LogP contribution is 2.18. The molecule has 0 saturated heterocycles. The van der Waals surface area contributed by atoms with Gasteiger partial charge in [-0.05, 0) is 25.5 Å². The second kappa shape index (κ2) is 5.76. The maximum Gasteiger partial charge on any atom is 0.281 e. The number of rotatable bonds is 5. The number of imidazole rings is 1. The average Bonchev–Trinajstić information content (AvgIpc) is 2.76. The first kappa shape index (κ1) is 15.4. The molecule has 2 rings (SSSR count). The molecule has 0 atom stereocenters. The summed E-state index contributed by atoms with van der Waals surface area (Å²) in [4.78, 5) is 6.86. The van der Waals surface area contributed by atoms with Crippen molar-refractivity contribution in [2.75, 3.05) is 4.72 Å². The molecule has 2 aromatic heterocycles. The Morgan fingerprint density at radius 2 is 2.00 bits per heavy atom. The maximum absolute atomic E-state index is 13.4. The molecule has 2 heterocycles. The number of aryl methyl sites for hydroxylation is 2. The summed E-state index contributed by atoms with van der Waals surface area (Å²) in [6, 6.07) is 1.83. The molecule has 0 spiro atoms. The molecular weight excluding hydrogens is 302 g/mol. The summed E-state index contributed by atoms with van der Waals surface area (Å²) in [5, 5.41) is -0.225. The molecule has 2 aromatic rings. The van der Waals surface area contributed by atoms with Crippen molar-refractivity contribution in [1.82, 2.24) is 14.5 Å². The van der Waals surface area contributed by atoms with Gasteiger partial charge in [0.05, 0.1) is 0 Å². The van der Waals surface area contributed by atoms with E-state index < -0.39 is 27.6 Å². The van der Waals surface area contributed by atoms with Gasteiger partial charge in [-0.15, -0.1) is 0 Å². The average molecular weight is 316 g/mol. The van der Waals surface area contributed by atoms with Gasteiger partial charge in [0.2, 0.25) is 11.9 Å². The van der Waals surface area contributed by atoms with Crippen LogP contribution in [0.3, 0.4) is 0 Å². The van der Waals surface area contributed by atoms with Gasteiger partial charge in [0.25, 0.3) is 10.0 Å². The van der Waals surface area contributed by atoms with E-state index in [1.54, 1.807) is 11.5 Å². The Kier molecular flexibility index (Phi) is 4.21. The second-order valence-electron chi connectivity index (χ2n) is 4.40. The Labute approximate surface area is 120 Å². The summed E-state index contributed by atoms with van der Waals surface area (Å²) in [6.45, 7) is 4.25. The summed E-state index contributed by atoms with van der Waals surface area (Å²) >= 11 is 0. The Morgan fingerprint density at radius 1 is 1.29 bits per heavy atom. The van der Waals surface area contributed by atoms with E-state index in [1.165, 1.54) is 6.20 Å². The summed E-state index contributed by atoms with van der Waals surface area (Å²) in [5.41, 5.74) is -0.431. The van der Waals surface area contributed by atoms with Gasteiger partial charge in [-0.3, -0.25) is 4.72 Å². The van der Waals surface area contributed by atoms with Gasteiger partial charge < -0.3 is 4.57 Å². The molecule has 9 heteroatoms. The van der Waals surface area contributed by atoms with Crippen LogP contribution in [0.1, 0.15) is 19.2 Å². The lowest BCUT2D eigenvalue weighted by molar-refractivity contribution is 0.515. The molecule has 1 N–H and O–H groups in total. The highest BCUT2D eigenvalue weighted by atomic mass is 32.2. The molecule has 6 nitrogen and oxygen atoms in total. The van der Waals surface area contributed by atoms with Crippen LogP contribution >= 0.6 is 0 Å². The predicted octanol–water partition coefficient (Wildman–Crippen LogP) is 2.08. The molecule has 0 amide bonds. The Balaban J connectivity index is 2.32. The van der Waals surface area contributed by atoms with E-state index in [0.29, 0.717) is 12.4 Å². The van der Waals surface area contributed by atoms with Gasteiger partial charge in [-0.25, -0.2) is 4.98 Å². The number of halogens is 2. The van der Waals surface area contributed by atoms with E-state index in [-0.39, 0.29) is 5.03 Å². The molecule has 0 fully saturated rings. The number of sulfonamides is 1. The van der Waals surface area contributed by atoms with Crippen molar-refractivity contribution >= 4 is 15.7 Å².